The molecule has 0 aliphatic heterocycles. The Morgan fingerprint density at radius 3 is 2.50 bits per heavy atom. The molecule has 1 aromatic heterocycles. The molecule has 0 bridgehead atoms. The second kappa shape index (κ2) is 6.33. The first-order chi connectivity index (χ1) is 9.19. The van der Waals surface area contributed by atoms with Gasteiger partial charge in [-0.2, -0.15) is 0 Å². The topological polar surface area (TPSA) is 103 Å². The van der Waals surface area contributed by atoms with E-state index in [4.69, 9.17) is 5.11 Å². The molecule has 0 unspecified atom stereocenters. The molecule has 7 nitrogen and oxygen atoms in total. The quantitative estimate of drug-likeness (QED) is 0.737. The molecule has 20 heavy (non-hydrogen) atoms. The van der Waals surface area contributed by atoms with Crippen molar-refractivity contribution in [2.45, 2.75) is 26.0 Å². The molecular formula is C13H19N3O4. The Kier molecular flexibility index (Phi) is 5.04. The van der Waals surface area contributed by atoms with Crippen LogP contribution < -0.4 is 5.32 Å². The second-order valence-corrected chi connectivity index (χ2v) is 5.18. The van der Waals surface area contributed by atoms with Crippen LogP contribution in [-0.4, -0.2) is 51.3 Å². The third-order valence-corrected chi connectivity index (χ3v) is 2.46. The largest absolute Gasteiger partial charge is 0.477 e. The average Bonchev–Trinajstić information content (AvgIpc) is 2.34. The molecule has 0 aromatic carbocycles. The molecular weight excluding hydrogens is 262 g/mol. The number of urea groups is 1. The molecule has 0 aliphatic rings. The molecule has 110 valence electrons. The van der Waals surface area contributed by atoms with Crippen molar-refractivity contribution < 1.29 is 19.8 Å². The first-order valence-corrected chi connectivity index (χ1v) is 6.08. The van der Waals surface area contributed by atoms with E-state index >= 15 is 0 Å². The van der Waals surface area contributed by atoms with E-state index in [2.05, 4.69) is 10.3 Å². The van der Waals surface area contributed by atoms with E-state index in [-0.39, 0.29) is 24.8 Å². The Hall–Kier alpha value is -2.15. The second-order valence-electron chi connectivity index (χ2n) is 5.18. The minimum absolute atomic E-state index is 0.0424. The normalized spacial score (nSPS) is 11.0. The number of likely N-dealkylation sites (N-methyl/N-ethyl adjacent to an activating group) is 1. The lowest BCUT2D eigenvalue weighted by molar-refractivity contribution is 0.0531. The van der Waals surface area contributed by atoms with Gasteiger partial charge in [-0.25, -0.2) is 14.6 Å². The number of carbonyl (C=O) groups excluding carboxylic acids is 1. The van der Waals surface area contributed by atoms with Crippen LogP contribution in [-0.2, 0) is 6.54 Å². The molecule has 0 saturated heterocycles. The summed E-state index contributed by atoms with van der Waals surface area (Å²) in [7, 11) is 1.58. The number of hydrogen-bond acceptors (Lipinski definition) is 4. The summed E-state index contributed by atoms with van der Waals surface area (Å²) in [6.07, 6.45) is 1.40. The number of aliphatic hydroxyl groups is 1. The Labute approximate surface area is 117 Å². The molecule has 3 N–H and O–H groups in total. The van der Waals surface area contributed by atoms with Crippen LogP contribution in [0.3, 0.4) is 0 Å². The van der Waals surface area contributed by atoms with Crippen molar-refractivity contribution in [3.8, 4) is 0 Å². The Balaban J connectivity index is 2.50. The number of aromatic carboxylic acids is 1. The number of amides is 2. The third-order valence-electron chi connectivity index (χ3n) is 2.46. The Morgan fingerprint density at radius 1 is 1.40 bits per heavy atom. The third kappa shape index (κ3) is 5.23. The number of nitrogens with one attached hydrogen (secondary N) is 1. The summed E-state index contributed by atoms with van der Waals surface area (Å²) in [5.41, 5.74) is -0.309. The zero-order valence-electron chi connectivity index (χ0n) is 11.8. The van der Waals surface area contributed by atoms with Crippen LogP contribution in [0.25, 0.3) is 0 Å². The molecule has 0 fully saturated rings. The first-order valence-electron chi connectivity index (χ1n) is 6.08. The minimum Gasteiger partial charge on any atom is -0.477 e. The summed E-state index contributed by atoms with van der Waals surface area (Å²) in [6, 6.07) is 2.64. The number of carboxylic acids is 1. The predicted molar refractivity (Wildman–Crippen MR) is 72.4 cm³/mol. The van der Waals surface area contributed by atoms with Gasteiger partial charge in [-0.05, 0) is 25.5 Å². The molecule has 0 aliphatic carbocycles. The molecule has 7 heteroatoms. The SMILES string of the molecule is CN(CC(C)(C)O)C(=O)NCc1ccc(C(=O)O)nc1. The lowest BCUT2D eigenvalue weighted by atomic mass is 10.1. The standard InChI is InChI=1S/C13H19N3O4/c1-13(2,20)8-16(3)12(19)15-7-9-4-5-10(11(17)18)14-6-9/h4-6,20H,7-8H2,1-3H3,(H,15,19)(H,17,18). The van der Waals surface area contributed by atoms with E-state index in [0.717, 1.165) is 0 Å². The fraction of sp³-hybridized carbons (Fsp3) is 0.462. The lowest BCUT2D eigenvalue weighted by Crippen LogP contribution is -2.44. The van der Waals surface area contributed by atoms with Crippen molar-refractivity contribution in [3.05, 3.63) is 29.6 Å². The summed E-state index contributed by atoms with van der Waals surface area (Å²) >= 11 is 0. The van der Waals surface area contributed by atoms with Crippen LogP contribution in [0.15, 0.2) is 18.3 Å². The van der Waals surface area contributed by atoms with E-state index in [1.807, 2.05) is 0 Å². The fourth-order valence-corrected chi connectivity index (χ4v) is 1.62. The van der Waals surface area contributed by atoms with Crippen molar-refractivity contribution >= 4 is 12.0 Å². The number of aromatic nitrogens is 1. The lowest BCUT2D eigenvalue weighted by Gasteiger charge is -2.25. The van der Waals surface area contributed by atoms with Crippen LogP contribution in [0.1, 0.15) is 29.9 Å². The Morgan fingerprint density at radius 2 is 2.05 bits per heavy atom. The number of hydrogen-bond donors (Lipinski definition) is 3. The molecule has 0 radical (unpaired) electrons. The molecule has 0 spiro atoms. The molecule has 0 saturated carbocycles. The van der Waals surface area contributed by atoms with Gasteiger partial charge in [0, 0.05) is 19.8 Å². The number of carboxylic acid groups (broad SMARTS) is 1. The maximum atomic E-state index is 11.8. The molecule has 0 atom stereocenters. The van der Waals surface area contributed by atoms with Gasteiger partial charge in [-0.15, -0.1) is 0 Å². The van der Waals surface area contributed by atoms with Crippen molar-refractivity contribution in [2.24, 2.45) is 0 Å². The van der Waals surface area contributed by atoms with Gasteiger partial charge in [-0.1, -0.05) is 6.07 Å². The van der Waals surface area contributed by atoms with Gasteiger partial charge in [0.2, 0.25) is 0 Å². The monoisotopic (exact) mass is 281 g/mol. The van der Waals surface area contributed by atoms with Crippen LogP contribution in [0.4, 0.5) is 4.79 Å². The average molecular weight is 281 g/mol. The van der Waals surface area contributed by atoms with Gasteiger partial charge >= 0.3 is 12.0 Å². The zero-order chi connectivity index (χ0) is 15.3. The van der Waals surface area contributed by atoms with Gasteiger partial charge in [0.25, 0.3) is 0 Å². The summed E-state index contributed by atoms with van der Waals surface area (Å²) in [5, 5.41) is 21.0. The van der Waals surface area contributed by atoms with Crippen LogP contribution in [0, 0.1) is 0 Å². The zero-order valence-corrected chi connectivity index (χ0v) is 11.8. The number of carbonyl (C=O) groups is 2. The highest BCUT2D eigenvalue weighted by molar-refractivity contribution is 5.85. The highest BCUT2D eigenvalue weighted by atomic mass is 16.4. The smallest absolute Gasteiger partial charge is 0.354 e. The molecule has 1 heterocycles. The summed E-state index contributed by atoms with van der Waals surface area (Å²) < 4.78 is 0. The van der Waals surface area contributed by atoms with Gasteiger partial charge in [0.05, 0.1) is 12.1 Å². The summed E-state index contributed by atoms with van der Waals surface area (Å²) in [4.78, 5) is 27.5. The first kappa shape index (κ1) is 15.9. The molecule has 2 amide bonds. The number of pyridine rings is 1. The van der Waals surface area contributed by atoms with E-state index in [1.165, 1.54) is 17.2 Å². The molecule has 1 aromatic rings. The Bertz CT molecular complexity index is 479. The fourth-order valence-electron chi connectivity index (χ4n) is 1.62. The van der Waals surface area contributed by atoms with Crippen LogP contribution >= 0.6 is 0 Å². The van der Waals surface area contributed by atoms with Crippen molar-refractivity contribution in [3.63, 3.8) is 0 Å². The van der Waals surface area contributed by atoms with E-state index < -0.39 is 11.6 Å². The van der Waals surface area contributed by atoms with Gasteiger partial charge in [0.15, 0.2) is 0 Å². The van der Waals surface area contributed by atoms with Gasteiger partial charge in [-0.3, -0.25) is 0 Å². The molecule has 1 rings (SSSR count). The minimum atomic E-state index is -1.09. The van der Waals surface area contributed by atoms with E-state index in [1.54, 1.807) is 27.0 Å². The van der Waals surface area contributed by atoms with Crippen LogP contribution in [0.5, 0.6) is 0 Å². The summed E-state index contributed by atoms with van der Waals surface area (Å²) in [5.74, 6) is -1.09. The summed E-state index contributed by atoms with van der Waals surface area (Å²) in [6.45, 7) is 3.67. The maximum Gasteiger partial charge on any atom is 0.354 e. The number of nitrogens with zero attached hydrogens (tertiary/aromatic N) is 2. The van der Waals surface area contributed by atoms with Gasteiger partial charge in [0.1, 0.15) is 5.69 Å². The van der Waals surface area contributed by atoms with E-state index in [0.29, 0.717) is 5.56 Å². The van der Waals surface area contributed by atoms with Crippen molar-refractivity contribution in [1.82, 2.24) is 15.2 Å². The van der Waals surface area contributed by atoms with Crippen LogP contribution in [0.2, 0.25) is 0 Å². The van der Waals surface area contributed by atoms with Crippen molar-refractivity contribution in [1.29, 1.82) is 0 Å². The highest BCUT2D eigenvalue weighted by Crippen LogP contribution is 2.04. The predicted octanol–water partition coefficient (Wildman–Crippen LogP) is 0.692. The van der Waals surface area contributed by atoms with E-state index in [9.17, 15) is 14.7 Å². The maximum absolute atomic E-state index is 11.8. The van der Waals surface area contributed by atoms with Crippen molar-refractivity contribution in [2.75, 3.05) is 13.6 Å². The highest BCUT2D eigenvalue weighted by Gasteiger charge is 2.19. The number of rotatable bonds is 5. The van der Waals surface area contributed by atoms with Gasteiger partial charge < -0.3 is 20.4 Å².